The van der Waals surface area contributed by atoms with Crippen LogP contribution in [0.4, 0.5) is 5.69 Å². The number of halogens is 1. The fourth-order valence-corrected chi connectivity index (χ4v) is 3.26. The van der Waals surface area contributed by atoms with Crippen LogP contribution in [0.1, 0.15) is 21.5 Å². The summed E-state index contributed by atoms with van der Waals surface area (Å²) in [7, 11) is 0. The second-order valence-electron chi connectivity index (χ2n) is 6.48. The Balaban J connectivity index is 1.58. The van der Waals surface area contributed by atoms with Gasteiger partial charge in [-0.2, -0.15) is 0 Å². The molecule has 0 amide bonds. The van der Waals surface area contributed by atoms with Crippen LogP contribution in [0.5, 0.6) is 0 Å². The molecule has 4 heteroatoms. The highest BCUT2D eigenvalue weighted by atomic mass is 35.5. The van der Waals surface area contributed by atoms with Gasteiger partial charge >= 0.3 is 0 Å². The Bertz CT molecular complexity index is 719. The van der Waals surface area contributed by atoms with Crippen LogP contribution in [0, 0.1) is 13.8 Å². The van der Waals surface area contributed by atoms with Crippen molar-refractivity contribution in [3.05, 3.63) is 64.2 Å². The third-order valence-corrected chi connectivity index (χ3v) is 4.86. The van der Waals surface area contributed by atoms with Crippen LogP contribution < -0.4 is 4.90 Å². The first-order chi connectivity index (χ1) is 11.5. The van der Waals surface area contributed by atoms with Gasteiger partial charge in [-0.1, -0.05) is 23.7 Å². The predicted molar refractivity (Wildman–Crippen MR) is 100 cm³/mol. The van der Waals surface area contributed by atoms with Crippen LogP contribution in [0.2, 0.25) is 5.02 Å². The van der Waals surface area contributed by atoms with Gasteiger partial charge in [0.1, 0.15) is 0 Å². The van der Waals surface area contributed by atoms with Gasteiger partial charge in [-0.25, -0.2) is 0 Å². The second-order valence-corrected chi connectivity index (χ2v) is 6.92. The van der Waals surface area contributed by atoms with Crippen molar-refractivity contribution in [1.29, 1.82) is 0 Å². The highest BCUT2D eigenvalue weighted by Crippen LogP contribution is 2.23. The van der Waals surface area contributed by atoms with Gasteiger partial charge in [0.05, 0.1) is 6.54 Å². The van der Waals surface area contributed by atoms with Crippen LogP contribution >= 0.6 is 11.6 Å². The van der Waals surface area contributed by atoms with Crippen LogP contribution in [0.15, 0.2) is 42.5 Å². The van der Waals surface area contributed by atoms with E-state index in [-0.39, 0.29) is 5.78 Å². The number of carbonyl (C=O) groups is 1. The molecule has 0 N–H and O–H groups in total. The number of carbonyl (C=O) groups excluding carboxylic acids is 1. The first-order valence-electron chi connectivity index (χ1n) is 8.36. The number of anilines is 1. The van der Waals surface area contributed by atoms with E-state index in [2.05, 4.69) is 41.8 Å². The highest BCUT2D eigenvalue weighted by molar-refractivity contribution is 6.30. The van der Waals surface area contributed by atoms with E-state index in [0.29, 0.717) is 11.6 Å². The molecule has 0 saturated carbocycles. The molecule has 126 valence electrons. The topological polar surface area (TPSA) is 23.6 Å². The summed E-state index contributed by atoms with van der Waals surface area (Å²) in [5, 5.41) is 0.661. The van der Waals surface area contributed by atoms with E-state index in [1.54, 1.807) is 24.3 Å². The average molecular weight is 343 g/mol. The van der Waals surface area contributed by atoms with Crippen molar-refractivity contribution in [2.75, 3.05) is 37.6 Å². The number of benzene rings is 2. The number of ketones is 1. The molecule has 3 rings (SSSR count). The maximum absolute atomic E-state index is 12.4. The molecule has 0 radical (unpaired) electrons. The Morgan fingerprint density at radius 2 is 1.67 bits per heavy atom. The summed E-state index contributed by atoms with van der Waals surface area (Å²) in [6, 6.07) is 13.7. The lowest BCUT2D eigenvalue weighted by Gasteiger charge is -2.36. The van der Waals surface area contributed by atoms with E-state index in [1.807, 2.05) is 0 Å². The molecular formula is C20H23ClN2O. The normalized spacial score (nSPS) is 15.5. The monoisotopic (exact) mass is 342 g/mol. The summed E-state index contributed by atoms with van der Waals surface area (Å²) in [5.74, 6) is 0.159. The molecule has 2 aromatic carbocycles. The maximum atomic E-state index is 12.4. The number of piperazine rings is 1. The van der Waals surface area contributed by atoms with Crippen molar-refractivity contribution in [1.82, 2.24) is 4.90 Å². The molecule has 0 bridgehead atoms. The molecule has 1 aliphatic heterocycles. The first-order valence-corrected chi connectivity index (χ1v) is 8.74. The molecule has 0 atom stereocenters. The lowest BCUT2D eigenvalue weighted by atomic mass is 10.1. The SMILES string of the molecule is Cc1ccc(C)c(N2CCN(CC(=O)c3ccc(Cl)cc3)CC2)c1. The minimum Gasteiger partial charge on any atom is -0.369 e. The number of aryl methyl sites for hydroxylation is 2. The summed E-state index contributed by atoms with van der Waals surface area (Å²) in [4.78, 5) is 17.0. The molecule has 0 aromatic heterocycles. The number of hydrogen-bond donors (Lipinski definition) is 0. The van der Waals surface area contributed by atoms with E-state index < -0.39 is 0 Å². The molecule has 3 nitrogen and oxygen atoms in total. The van der Waals surface area contributed by atoms with Crippen LogP contribution in [-0.4, -0.2) is 43.4 Å². The molecular weight excluding hydrogens is 320 g/mol. The second kappa shape index (κ2) is 7.37. The largest absolute Gasteiger partial charge is 0.369 e. The van der Waals surface area contributed by atoms with Crippen molar-refractivity contribution in [3.8, 4) is 0 Å². The molecule has 2 aromatic rings. The van der Waals surface area contributed by atoms with Gasteiger partial charge in [-0.05, 0) is 55.3 Å². The number of rotatable bonds is 4. The average Bonchev–Trinajstić information content (AvgIpc) is 2.58. The predicted octanol–water partition coefficient (Wildman–Crippen LogP) is 3.96. The van der Waals surface area contributed by atoms with Gasteiger partial charge in [-0.15, -0.1) is 0 Å². The Kier molecular flexibility index (Phi) is 5.22. The zero-order chi connectivity index (χ0) is 17.1. The Morgan fingerprint density at radius 1 is 1.00 bits per heavy atom. The highest BCUT2D eigenvalue weighted by Gasteiger charge is 2.20. The van der Waals surface area contributed by atoms with Gasteiger partial charge in [0.15, 0.2) is 5.78 Å². The molecule has 1 saturated heterocycles. The number of nitrogens with zero attached hydrogens (tertiary/aromatic N) is 2. The smallest absolute Gasteiger partial charge is 0.176 e. The minimum atomic E-state index is 0.159. The quantitative estimate of drug-likeness (QED) is 0.786. The zero-order valence-electron chi connectivity index (χ0n) is 14.3. The van der Waals surface area contributed by atoms with Crippen molar-refractivity contribution in [2.45, 2.75) is 13.8 Å². The molecule has 0 spiro atoms. The van der Waals surface area contributed by atoms with E-state index in [4.69, 9.17) is 11.6 Å². The third kappa shape index (κ3) is 3.97. The number of hydrogen-bond acceptors (Lipinski definition) is 3. The molecule has 0 aliphatic carbocycles. The van der Waals surface area contributed by atoms with Crippen LogP contribution in [0.25, 0.3) is 0 Å². The molecule has 1 heterocycles. The Hall–Kier alpha value is -1.84. The Labute approximate surface area is 148 Å². The maximum Gasteiger partial charge on any atom is 0.176 e. The van der Waals surface area contributed by atoms with E-state index in [0.717, 1.165) is 31.7 Å². The zero-order valence-corrected chi connectivity index (χ0v) is 15.0. The van der Waals surface area contributed by atoms with Gasteiger partial charge in [-0.3, -0.25) is 9.69 Å². The Morgan fingerprint density at radius 3 is 2.33 bits per heavy atom. The van der Waals surface area contributed by atoms with Gasteiger partial charge in [0, 0.05) is 42.5 Å². The lowest BCUT2D eigenvalue weighted by Crippen LogP contribution is -2.48. The van der Waals surface area contributed by atoms with Gasteiger partial charge < -0.3 is 4.90 Å². The number of Topliss-reactive ketones (excluding diaryl/α,β-unsaturated/α-hetero) is 1. The molecule has 0 unspecified atom stereocenters. The van der Waals surface area contributed by atoms with E-state index in [1.165, 1.54) is 16.8 Å². The van der Waals surface area contributed by atoms with Gasteiger partial charge in [0.25, 0.3) is 0 Å². The molecule has 1 aliphatic rings. The van der Waals surface area contributed by atoms with E-state index in [9.17, 15) is 4.79 Å². The van der Waals surface area contributed by atoms with Crippen LogP contribution in [0.3, 0.4) is 0 Å². The van der Waals surface area contributed by atoms with Crippen molar-refractivity contribution >= 4 is 23.1 Å². The summed E-state index contributed by atoms with van der Waals surface area (Å²) in [5.41, 5.74) is 4.65. The summed E-state index contributed by atoms with van der Waals surface area (Å²) in [6.07, 6.45) is 0. The molecule has 24 heavy (non-hydrogen) atoms. The summed E-state index contributed by atoms with van der Waals surface area (Å²) >= 11 is 5.88. The third-order valence-electron chi connectivity index (χ3n) is 4.61. The first kappa shape index (κ1) is 17.0. The van der Waals surface area contributed by atoms with Crippen molar-refractivity contribution in [3.63, 3.8) is 0 Å². The minimum absolute atomic E-state index is 0.159. The van der Waals surface area contributed by atoms with E-state index >= 15 is 0 Å². The van der Waals surface area contributed by atoms with Crippen molar-refractivity contribution < 1.29 is 4.79 Å². The summed E-state index contributed by atoms with van der Waals surface area (Å²) in [6.45, 7) is 8.49. The molecule has 1 fully saturated rings. The summed E-state index contributed by atoms with van der Waals surface area (Å²) < 4.78 is 0. The standard InChI is InChI=1S/C20H23ClN2O/c1-15-3-4-16(2)19(13-15)23-11-9-22(10-12-23)14-20(24)17-5-7-18(21)8-6-17/h3-8,13H,9-12,14H2,1-2H3. The van der Waals surface area contributed by atoms with Gasteiger partial charge in [0.2, 0.25) is 0 Å². The van der Waals surface area contributed by atoms with Crippen molar-refractivity contribution in [2.24, 2.45) is 0 Å². The fourth-order valence-electron chi connectivity index (χ4n) is 3.14. The fraction of sp³-hybridized carbons (Fsp3) is 0.350. The van der Waals surface area contributed by atoms with Crippen LogP contribution in [-0.2, 0) is 0 Å². The lowest BCUT2D eigenvalue weighted by molar-refractivity contribution is 0.0926.